The molecule has 0 spiro atoms. The van der Waals surface area contributed by atoms with E-state index in [0.717, 1.165) is 21.3 Å². The molecule has 8 atom stereocenters. The zero-order valence-electron chi connectivity index (χ0n) is 36.7. The molecule has 0 aliphatic carbocycles. The molecule has 0 radical (unpaired) electrons. The van der Waals surface area contributed by atoms with Crippen molar-refractivity contribution in [2.45, 2.75) is 139 Å². The van der Waals surface area contributed by atoms with Crippen molar-refractivity contribution in [3.63, 3.8) is 0 Å². The lowest BCUT2D eigenvalue weighted by atomic mass is 9.60. The van der Waals surface area contributed by atoms with E-state index in [-0.39, 0.29) is 30.6 Å². The van der Waals surface area contributed by atoms with Gasteiger partial charge in [0.2, 0.25) is 22.9 Å². The minimum atomic E-state index is -2.17. The van der Waals surface area contributed by atoms with E-state index in [1.807, 2.05) is 20.6 Å². The number of nitrogens with two attached hydrogens (primary N) is 4. The number of carbonyl (C=O) groups is 6. The van der Waals surface area contributed by atoms with Gasteiger partial charge in [-0.1, -0.05) is 60.6 Å². The Balaban J connectivity index is 1.26. The second-order valence-electron chi connectivity index (χ2n) is 19.8. The highest BCUT2D eigenvalue weighted by atomic mass is 32.1. The first-order chi connectivity index (χ1) is 29.5. The average Bonchev–Trinajstić information content (AvgIpc) is 4.01. The van der Waals surface area contributed by atoms with E-state index in [1.54, 1.807) is 27.7 Å². The second kappa shape index (κ2) is 15.3. The lowest BCUT2D eigenvalue weighted by Crippen LogP contribution is -2.75. The molecule has 4 amide bonds. The van der Waals surface area contributed by atoms with Crippen LogP contribution in [-0.2, 0) is 34.1 Å². The Labute approximate surface area is 374 Å². The molecule has 10 rings (SSSR count). The highest BCUT2D eigenvalue weighted by molar-refractivity contribution is 7.10. The largest absolute Gasteiger partial charge is 0.412 e. The molecule has 0 saturated carbocycles. The highest BCUT2D eigenvalue weighted by Crippen LogP contribution is 2.59. The smallest absolute Gasteiger partial charge is 0.375 e. The zero-order chi connectivity index (χ0) is 45.8. The number of likely N-dealkylation sites (tertiary alicyclic amines) is 2. The number of thiazole rings is 2. The van der Waals surface area contributed by atoms with Gasteiger partial charge < -0.3 is 37.3 Å². The average molecular weight is 904 g/mol. The number of amides is 4. The molecule has 2 aromatic heterocycles. The normalized spacial score (nSPS) is 26.6. The maximum Gasteiger partial charge on any atom is 0.412 e. The summed E-state index contributed by atoms with van der Waals surface area (Å²) in [5.41, 5.74) is 20.2. The van der Waals surface area contributed by atoms with Crippen molar-refractivity contribution in [3.8, 4) is 0 Å². The van der Waals surface area contributed by atoms with Crippen LogP contribution in [0, 0.1) is 10.8 Å². The van der Waals surface area contributed by atoms with Gasteiger partial charge in [-0.25, -0.2) is 29.1 Å². The molecule has 63 heavy (non-hydrogen) atoms. The molecule has 1 aromatic carbocycles. The zero-order valence-corrected chi connectivity index (χ0v) is 38.3. The second-order valence-corrected chi connectivity index (χ2v) is 21.6. The van der Waals surface area contributed by atoms with Gasteiger partial charge in [-0.3, -0.25) is 19.4 Å². The SMILES string of the molecule is CC(C)(C)c1ccc(N2C(C3CCCN3[C@@](C(N)=O)(C(=O)OC(N)=O)C(C)(C)C3c4csc3n4)CC[C@H]2C2CCCN2[C@@](C(N)=O)(C(=O)OC(N)=O)C(C)(C)C2c3csc2n3)cc1. The Morgan fingerprint density at radius 2 is 1.00 bits per heavy atom. The number of rotatable bonds is 13. The van der Waals surface area contributed by atoms with Crippen LogP contribution in [0.2, 0.25) is 0 Å². The van der Waals surface area contributed by atoms with Crippen molar-refractivity contribution < 1.29 is 38.2 Å². The van der Waals surface area contributed by atoms with Gasteiger partial charge in [0.15, 0.2) is 0 Å². The lowest BCUT2D eigenvalue weighted by Gasteiger charge is -2.55. The number of hydrogen-bond acceptors (Lipinski definition) is 15. The van der Waals surface area contributed by atoms with Crippen LogP contribution >= 0.6 is 22.7 Å². The first-order valence-corrected chi connectivity index (χ1v) is 23.2. The number of carbonyl (C=O) groups excluding carboxylic acids is 6. The van der Waals surface area contributed by atoms with Gasteiger partial charge in [0.05, 0.1) is 23.2 Å². The van der Waals surface area contributed by atoms with Crippen molar-refractivity contribution in [1.82, 2.24) is 19.8 Å². The van der Waals surface area contributed by atoms with Crippen molar-refractivity contribution in [2.24, 2.45) is 33.8 Å². The minimum Gasteiger partial charge on any atom is -0.375 e. The highest BCUT2D eigenvalue weighted by Gasteiger charge is 2.71. The quantitative estimate of drug-likeness (QED) is 0.139. The van der Waals surface area contributed by atoms with E-state index >= 15 is 0 Å². The van der Waals surface area contributed by atoms with Crippen LogP contribution in [0.5, 0.6) is 0 Å². The molecule has 7 aliphatic heterocycles. The minimum absolute atomic E-state index is 0.161. The topological polar surface area (TPSA) is 260 Å². The molecule has 4 bridgehead atoms. The van der Waals surface area contributed by atoms with Crippen LogP contribution in [0.1, 0.15) is 126 Å². The number of ether oxygens (including phenoxy) is 2. The Morgan fingerprint density at radius 3 is 1.30 bits per heavy atom. The Kier molecular flexibility index (Phi) is 10.9. The van der Waals surface area contributed by atoms with Gasteiger partial charge in [-0.05, 0) is 61.6 Å². The molecule has 8 N–H and O–H groups in total. The van der Waals surface area contributed by atoms with Gasteiger partial charge in [-0.15, -0.1) is 22.7 Å². The molecule has 19 heteroatoms. The summed E-state index contributed by atoms with van der Waals surface area (Å²) in [7, 11) is 0. The monoisotopic (exact) mass is 903 g/mol. The summed E-state index contributed by atoms with van der Waals surface area (Å²) in [6.45, 7) is 14.1. The molecule has 5 unspecified atom stereocenters. The number of anilines is 1. The molecule has 9 heterocycles. The van der Waals surface area contributed by atoms with Crippen LogP contribution in [-0.4, -0.2) is 104 Å². The molecule has 7 aliphatic rings. The van der Waals surface area contributed by atoms with E-state index in [2.05, 4.69) is 59.9 Å². The summed E-state index contributed by atoms with van der Waals surface area (Å²) >= 11 is 2.85. The van der Waals surface area contributed by atoms with Gasteiger partial charge in [0.1, 0.15) is 10.0 Å². The van der Waals surface area contributed by atoms with E-state index in [0.29, 0.717) is 49.9 Å². The lowest BCUT2D eigenvalue weighted by molar-refractivity contribution is -0.172. The third-order valence-electron chi connectivity index (χ3n) is 15.0. The van der Waals surface area contributed by atoms with Gasteiger partial charge in [-0.2, -0.15) is 0 Å². The fourth-order valence-electron chi connectivity index (χ4n) is 12.3. The number of aromatic nitrogens is 2. The van der Waals surface area contributed by atoms with Crippen LogP contribution in [0.4, 0.5) is 15.3 Å². The Hall–Kier alpha value is -4.98. The van der Waals surface area contributed by atoms with Gasteiger partial charge in [0.25, 0.3) is 0 Å². The summed E-state index contributed by atoms with van der Waals surface area (Å²) in [6, 6.07) is 6.56. The van der Waals surface area contributed by atoms with Gasteiger partial charge >= 0.3 is 24.1 Å². The van der Waals surface area contributed by atoms with E-state index in [4.69, 9.17) is 32.4 Å². The first-order valence-electron chi connectivity index (χ1n) is 21.5. The van der Waals surface area contributed by atoms with Crippen LogP contribution in [0.3, 0.4) is 0 Å². The third-order valence-corrected chi connectivity index (χ3v) is 16.9. The molecule has 3 saturated heterocycles. The summed E-state index contributed by atoms with van der Waals surface area (Å²) in [6.07, 6.45) is 0.720. The molecular weight excluding hydrogens is 847 g/mol. The number of hydrogen-bond donors (Lipinski definition) is 4. The molecular formula is C44H57N9O8S2. The number of primary amides is 4. The van der Waals surface area contributed by atoms with Gasteiger partial charge in [0, 0.05) is 64.5 Å². The maximum absolute atomic E-state index is 14.6. The number of fused-ring (bicyclic) bond motifs is 2. The number of benzene rings is 1. The number of nitrogens with zero attached hydrogens (tertiary/aromatic N) is 5. The van der Waals surface area contributed by atoms with E-state index in [1.165, 1.54) is 22.7 Å². The molecule has 3 fully saturated rings. The van der Waals surface area contributed by atoms with Crippen LogP contribution < -0.4 is 27.8 Å². The molecule has 338 valence electrons. The standard InChI is InChI=1S/C44H57N9O8S2/c1-40(2,3)22-12-14-23(15-13-22)53-28(26-10-8-18-51(26)43(34(45)54,36(56)60-38(47)58)41(4,5)30-24-20-62-32(30)49-24)16-17-29(53)27-11-9-19-52(27)44(35(46)55,37(57)61-39(48)59)42(6,7)31-25-21-63-33(31)50-25/h12-15,20-21,26-31H,8-11,16-19H2,1-7H3,(H2,45,54)(H2,46,55)(H2,47,58)(H2,48,59)/t26?,27?,28-,29?,30?,31?,43-,44-/m0/s1. The summed E-state index contributed by atoms with van der Waals surface area (Å²) in [4.78, 5) is 97.9. The number of esters is 2. The molecule has 3 aromatic rings. The third kappa shape index (κ3) is 6.42. The summed E-state index contributed by atoms with van der Waals surface area (Å²) < 4.78 is 10.4. The van der Waals surface area contributed by atoms with Crippen molar-refractivity contribution in [1.29, 1.82) is 0 Å². The van der Waals surface area contributed by atoms with Crippen molar-refractivity contribution in [2.75, 3.05) is 18.0 Å². The fourth-order valence-corrected chi connectivity index (χ4v) is 14.6. The van der Waals surface area contributed by atoms with Crippen molar-refractivity contribution >= 4 is 64.3 Å². The Bertz CT molecular complexity index is 2190. The van der Waals surface area contributed by atoms with E-state index < -0.39 is 81.8 Å². The molecule has 17 nitrogen and oxygen atoms in total. The maximum atomic E-state index is 14.6. The summed E-state index contributed by atoms with van der Waals surface area (Å²) in [5.74, 6) is -5.08. The predicted molar refractivity (Wildman–Crippen MR) is 235 cm³/mol. The predicted octanol–water partition coefficient (Wildman–Crippen LogP) is 4.20. The first kappa shape index (κ1) is 44.6. The van der Waals surface area contributed by atoms with Crippen molar-refractivity contribution in [3.05, 3.63) is 62.0 Å². The van der Waals surface area contributed by atoms with Crippen LogP contribution in [0.15, 0.2) is 35.0 Å². The Morgan fingerprint density at radius 1 is 0.603 bits per heavy atom. The summed E-state index contributed by atoms with van der Waals surface area (Å²) in [5, 5.41) is 5.24. The van der Waals surface area contributed by atoms with E-state index in [9.17, 15) is 28.8 Å². The van der Waals surface area contributed by atoms with Crippen LogP contribution in [0.25, 0.3) is 0 Å². The fraction of sp³-hybridized carbons (Fsp3) is 0.591.